The average Bonchev–Trinajstić information content (AvgIpc) is 2.46. The van der Waals surface area contributed by atoms with Crippen molar-refractivity contribution in [1.82, 2.24) is 0 Å². The van der Waals surface area contributed by atoms with Gasteiger partial charge in [-0.15, -0.1) is 13.2 Å². The summed E-state index contributed by atoms with van der Waals surface area (Å²) < 4.78 is 68.8. The van der Waals surface area contributed by atoms with Crippen molar-refractivity contribution >= 4 is 0 Å². The highest BCUT2D eigenvalue weighted by molar-refractivity contribution is 4.91. The third kappa shape index (κ3) is 5.85. The van der Waals surface area contributed by atoms with Gasteiger partial charge in [-0.05, 0) is 49.9 Å². The van der Waals surface area contributed by atoms with E-state index in [0.717, 1.165) is 44.9 Å². The van der Waals surface area contributed by atoms with Crippen molar-refractivity contribution in [3.63, 3.8) is 0 Å². The molecule has 2 rings (SSSR count). The van der Waals surface area contributed by atoms with Crippen molar-refractivity contribution in [2.75, 3.05) is 6.61 Å². The van der Waals surface area contributed by atoms with Crippen LogP contribution >= 0.6 is 0 Å². The first-order chi connectivity index (χ1) is 11.2. The van der Waals surface area contributed by atoms with E-state index in [2.05, 4.69) is 4.74 Å². The number of ether oxygens (including phenoxy) is 1. The third-order valence-corrected chi connectivity index (χ3v) is 5.94. The molecule has 2 aliphatic carbocycles. The zero-order valence-electron chi connectivity index (χ0n) is 14.4. The maximum absolute atomic E-state index is 14.5. The normalized spacial score (nSPS) is 34.2. The van der Waals surface area contributed by atoms with Gasteiger partial charge >= 0.3 is 6.36 Å². The fourth-order valence-electron chi connectivity index (χ4n) is 4.72. The van der Waals surface area contributed by atoms with Crippen molar-refractivity contribution in [3.05, 3.63) is 0 Å². The second-order valence-electron chi connectivity index (χ2n) is 7.67. The Kier molecular flexibility index (Phi) is 6.91. The van der Waals surface area contributed by atoms with E-state index in [9.17, 15) is 22.0 Å². The summed E-state index contributed by atoms with van der Waals surface area (Å²) in [6.45, 7) is 1.71. The number of hydrogen-bond donors (Lipinski definition) is 0. The molecule has 24 heavy (non-hydrogen) atoms. The second kappa shape index (κ2) is 8.33. The highest BCUT2D eigenvalue weighted by atomic mass is 19.4. The molecule has 2 atom stereocenters. The van der Waals surface area contributed by atoms with Crippen molar-refractivity contribution in [1.29, 1.82) is 0 Å². The predicted octanol–water partition coefficient (Wildman–Crippen LogP) is 6.57. The van der Waals surface area contributed by atoms with Crippen LogP contribution in [0.3, 0.4) is 0 Å². The van der Waals surface area contributed by atoms with Gasteiger partial charge in [-0.25, -0.2) is 8.78 Å². The molecule has 0 aliphatic heterocycles. The van der Waals surface area contributed by atoms with E-state index in [1.807, 2.05) is 6.92 Å². The summed E-state index contributed by atoms with van der Waals surface area (Å²) in [6, 6.07) is 0. The van der Waals surface area contributed by atoms with Gasteiger partial charge < -0.3 is 0 Å². The molecular formula is C18H29F5O. The first-order valence-corrected chi connectivity index (χ1v) is 9.29. The molecule has 2 aliphatic rings. The first kappa shape index (κ1) is 19.9. The van der Waals surface area contributed by atoms with Gasteiger partial charge in [0.25, 0.3) is 5.92 Å². The maximum Gasteiger partial charge on any atom is 0.522 e. The molecule has 0 spiro atoms. The van der Waals surface area contributed by atoms with Crippen LogP contribution in [0.5, 0.6) is 0 Å². The Morgan fingerprint density at radius 1 is 0.917 bits per heavy atom. The van der Waals surface area contributed by atoms with Crippen LogP contribution in [-0.2, 0) is 4.74 Å². The minimum Gasteiger partial charge on any atom is -0.292 e. The van der Waals surface area contributed by atoms with E-state index in [-0.39, 0.29) is 30.8 Å². The topological polar surface area (TPSA) is 9.23 Å². The van der Waals surface area contributed by atoms with E-state index in [1.54, 1.807) is 0 Å². The van der Waals surface area contributed by atoms with Gasteiger partial charge in [0.05, 0.1) is 6.61 Å². The Bertz CT molecular complexity index is 374. The summed E-state index contributed by atoms with van der Waals surface area (Å²) in [5, 5.41) is 0. The number of rotatable bonds is 6. The minimum atomic E-state index is -4.57. The SMILES string of the molecule is CCCC1CCC(C2CCC(CCOC(F)(F)F)CC2)C(F)(F)C1. The van der Waals surface area contributed by atoms with Crippen LogP contribution in [0.2, 0.25) is 0 Å². The van der Waals surface area contributed by atoms with Crippen LogP contribution in [0.1, 0.15) is 71.1 Å². The van der Waals surface area contributed by atoms with E-state index >= 15 is 0 Å². The molecule has 0 radical (unpaired) electrons. The zero-order chi connectivity index (χ0) is 17.8. The Labute approximate surface area is 141 Å². The lowest BCUT2D eigenvalue weighted by Gasteiger charge is -2.42. The molecule has 142 valence electrons. The van der Waals surface area contributed by atoms with Gasteiger partial charge in [0.1, 0.15) is 0 Å². The van der Waals surface area contributed by atoms with Gasteiger partial charge in [-0.3, -0.25) is 4.74 Å². The molecule has 0 bridgehead atoms. The summed E-state index contributed by atoms with van der Waals surface area (Å²) in [5.41, 5.74) is 0. The van der Waals surface area contributed by atoms with Crippen LogP contribution < -0.4 is 0 Å². The molecule has 0 aromatic heterocycles. The Balaban J connectivity index is 1.75. The van der Waals surface area contributed by atoms with Gasteiger partial charge in [0, 0.05) is 12.3 Å². The Morgan fingerprint density at radius 2 is 1.54 bits per heavy atom. The molecule has 0 heterocycles. The molecule has 0 aromatic carbocycles. The molecular weight excluding hydrogens is 327 g/mol. The zero-order valence-corrected chi connectivity index (χ0v) is 14.4. The smallest absolute Gasteiger partial charge is 0.292 e. The highest BCUT2D eigenvalue weighted by Gasteiger charge is 2.48. The quantitative estimate of drug-likeness (QED) is 0.489. The summed E-state index contributed by atoms with van der Waals surface area (Å²) in [7, 11) is 0. The van der Waals surface area contributed by atoms with Gasteiger partial charge in [-0.1, -0.05) is 32.6 Å². The van der Waals surface area contributed by atoms with E-state index in [4.69, 9.17) is 0 Å². The van der Waals surface area contributed by atoms with Crippen LogP contribution in [-0.4, -0.2) is 18.9 Å². The van der Waals surface area contributed by atoms with Gasteiger partial charge in [0.15, 0.2) is 0 Å². The van der Waals surface area contributed by atoms with Crippen LogP contribution in [0, 0.1) is 23.7 Å². The largest absolute Gasteiger partial charge is 0.522 e. The summed E-state index contributed by atoms with van der Waals surface area (Å²) >= 11 is 0. The Morgan fingerprint density at radius 3 is 2.08 bits per heavy atom. The summed E-state index contributed by atoms with van der Waals surface area (Å²) in [5.74, 6) is -2.75. The molecule has 2 fully saturated rings. The third-order valence-electron chi connectivity index (χ3n) is 5.94. The molecule has 2 saturated carbocycles. The highest BCUT2D eigenvalue weighted by Crippen LogP contribution is 2.50. The summed E-state index contributed by atoms with van der Waals surface area (Å²) in [4.78, 5) is 0. The molecule has 2 unspecified atom stereocenters. The second-order valence-corrected chi connectivity index (χ2v) is 7.67. The van der Waals surface area contributed by atoms with E-state index in [0.29, 0.717) is 12.8 Å². The van der Waals surface area contributed by atoms with Gasteiger partial charge in [0.2, 0.25) is 0 Å². The molecule has 6 heteroatoms. The molecule has 0 N–H and O–H groups in total. The lowest BCUT2D eigenvalue weighted by Crippen LogP contribution is -2.41. The molecule has 0 amide bonds. The monoisotopic (exact) mass is 356 g/mol. The maximum atomic E-state index is 14.5. The van der Waals surface area contributed by atoms with Crippen molar-refractivity contribution in [3.8, 4) is 0 Å². The molecule has 0 aromatic rings. The Hall–Kier alpha value is -0.390. The number of hydrogen-bond acceptors (Lipinski definition) is 1. The standard InChI is InChI=1S/C18H29F5O/c1-2-3-14-6-9-16(17(19,20)12-14)15-7-4-13(5-8-15)10-11-24-18(21,22)23/h13-16H,2-12H2,1H3. The fourth-order valence-corrected chi connectivity index (χ4v) is 4.72. The lowest BCUT2D eigenvalue weighted by molar-refractivity contribution is -0.325. The minimum absolute atomic E-state index is 0.0187. The number of alkyl halides is 5. The van der Waals surface area contributed by atoms with E-state index < -0.39 is 18.2 Å². The predicted molar refractivity (Wildman–Crippen MR) is 82.8 cm³/mol. The number of halogens is 5. The van der Waals surface area contributed by atoms with Crippen molar-refractivity contribution in [2.24, 2.45) is 23.7 Å². The average molecular weight is 356 g/mol. The van der Waals surface area contributed by atoms with Crippen molar-refractivity contribution < 1.29 is 26.7 Å². The molecule has 0 saturated heterocycles. The molecule has 1 nitrogen and oxygen atoms in total. The van der Waals surface area contributed by atoms with Crippen LogP contribution in [0.4, 0.5) is 22.0 Å². The summed E-state index contributed by atoms with van der Waals surface area (Å²) in [6.07, 6.45) is 2.08. The van der Waals surface area contributed by atoms with Crippen LogP contribution in [0.25, 0.3) is 0 Å². The lowest BCUT2D eigenvalue weighted by atomic mass is 9.66. The van der Waals surface area contributed by atoms with E-state index in [1.165, 1.54) is 0 Å². The van der Waals surface area contributed by atoms with Crippen molar-refractivity contribution in [2.45, 2.75) is 83.4 Å². The van der Waals surface area contributed by atoms with Gasteiger partial charge in [-0.2, -0.15) is 0 Å². The first-order valence-electron chi connectivity index (χ1n) is 9.29. The van der Waals surface area contributed by atoms with Crippen LogP contribution in [0.15, 0.2) is 0 Å². The fraction of sp³-hybridized carbons (Fsp3) is 1.00.